The molecule has 1 saturated heterocycles. The van der Waals surface area contributed by atoms with Gasteiger partial charge in [0, 0.05) is 47.9 Å². The summed E-state index contributed by atoms with van der Waals surface area (Å²) in [5.74, 6) is 1.37. The Labute approximate surface area is 224 Å². The van der Waals surface area contributed by atoms with E-state index in [0.717, 1.165) is 44.3 Å². The largest absolute Gasteiger partial charge is 0.469 e. The molecule has 2 aliphatic rings. The first-order valence-electron chi connectivity index (χ1n) is 13.5. The quantitative estimate of drug-likeness (QED) is 0.441. The third-order valence-electron chi connectivity index (χ3n) is 8.57. The number of aromatic nitrogens is 3. The lowest BCUT2D eigenvalue weighted by molar-refractivity contribution is -0.146. The summed E-state index contributed by atoms with van der Waals surface area (Å²) in [7, 11) is 3.50. The fraction of sp³-hybridized carbons (Fsp3) is 0.533. The van der Waals surface area contributed by atoms with Gasteiger partial charge in [0.2, 0.25) is 11.7 Å². The Morgan fingerprint density at radius 2 is 1.82 bits per heavy atom. The van der Waals surface area contributed by atoms with E-state index in [9.17, 15) is 9.90 Å². The molecular formula is C30H38N4O4. The second-order valence-electron chi connectivity index (χ2n) is 11.7. The van der Waals surface area contributed by atoms with Crippen molar-refractivity contribution in [3.05, 3.63) is 65.3 Å². The number of nitrogens with zero attached hydrogens (tertiary/aromatic N) is 4. The van der Waals surface area contributed by atoms with Crippen molar-refractivity contribution in [1.29, 1.82) is 0 Å². The predicted molar refractivity (Wildman–Crippen MR) is 143 cm³/mol. The maximum atomic E-state index is 12.5. The van der Waals surface area contributed by atoms with Gasteiger partial charge in [-0.3, -0.25) is 9.78 Å². The maximum absolute atomic E-state index is 12.5. The smallest absolute Gasteiger partial charge is 0.308 e. The number of hydrogen-bond acceptors (Lipinski definition) is 8. The summed E-state index contributed by atoms with van der Waals surface area (Å²) < 4.78 is 10.6. The van der Waals surface area contributed by atoms with Gasteiger partial charge in [-0.25, -0.2) is 0 Å². The van der Waals surface area contributed by atoms with Crippen molar-refractivity contribution in [3.63, 3.8) is 0 Å². The summed E-state index contributed by atoms with van der Waals surface area (Å²) in [6.45, 7) is 8.00. The Bertz CT molecular complexity index is 1270. The molecule has 1 unspecified atom stereocenters. The number of ether oxygens (including phenoxy) is 1. The summed E-state index contributed by atoms with van der Waals surface area (Å²) in [5.41, 5.74) is 1.88. The normalized spacial score (nSPS) is 23.0. The molecule has 38 heavy (non-hydrogen) atoms. The van der Waals surface area contributed by atoms with Gasteiger partial charge in [0.1, 0.15) is 5.60 Å². The fourth-order valence-electron chi connectivity index (χ4n) is 6.37. The van der Waals surface area contributed by atoms with E-state index in [-0.39, 0.29) is 23.2 Å². The maximum Gasteiger partial charge on any atom is 0.308 e. The predicted octanol–water partition coefficient (Wildman–Crippen LogP) is 4.89. The van der Waals surface area contributed by atoms with Crippen molar-refractivity contribution < 1.29 is 19.2 Å². The Balaban J connectivity index is 1.44. The van der Waals surface area contributed by atoms with Crippen LogP contribution in [0.15, 0.2) is 47.2 Å². The number of rotatable bonds is 7. The molecule has 0 amide bonds. The van der Waals surface area contributed by atoms with Crippen molar-refractivity contribution in [1.82, 2.24) is 20.0 Å². The van der Waals surface area contributed by atoms with Crippen LogP contribution in [0, 0.1) is 11.3 Å². The lowest BCUT2D eigenvalue weighted by atomic mass is 9.62. The Hall–Kier alpha value is -3.10. The lowest BCUT2D eigenvalue weighted by Crippen LogP contribution is -2.63. The first kappa shape index (κ1) is 26.5. The molecule has 5 rings (SSSR count). The number of esters is 1. The van der Waals surface area contributed by atoms with E-state index in [2.05, 4.69) is 55.0 Å². The van der Waals surface area contributed by atoms with Gasteiger partial charge in [0.05, 0.1) is 13.0 Å². The van der Waals surface area contributed by atoms with Gasteiger partial charge >= 0.3 is 5.97 Å². The molecule has 2 fully saturated rings. The number of hydrogen-bond donors (Lipinski definition) is 1. The highest BCUT2D eigenvalue weighted by Crippen LogP contribution is 2.50. The number of methoxy groups -OCH3 is 1. The Morgan fingerprint density at radius 3 is 2.42 bits per heavy atom. The van der Waals surface area contributed by atoms with E-state index < -0.39 is 5.60 Å². The standard InChI is InChI=1S/C30H38N4O4/c1-19(2)20-10-12-24(13-11-20)30(36,29(3)17-34(4)18-29)25-14-23(15-31-16-25)26-32-27(38-33-26)21-6-8-22(9-7-21)28(35)37-5/h10-16,19,21-22,36H,6-9,17-18H2,1-5H3. The highest BCUT2D eigenvalue weighted by Gasteiger charge is 2.55. The highest BCUT2D eigenvalue weighted by atomic mass is 16.5. The van der Waals surface area contributed by atoms with Gasteiger partial charge in [0.25, 0.3) is 0 Å². The summed E-state index contributed by atoms with van der Waals surface area (Å²) >= 11 is 0. The van der Waals surface area contributed by atoms with Crippen LogP contribution in [-0.2, 0) is 15.1 Å². The molecule has 1 atom stereocenters. The van der Waals surface area contributed by atoms with Crippen LogP contribution in [0.3, 0.4) is 0 Å². The van der Waals surface area contributed by atoms with E-state index >= 15 is 0 Å². The van der Waals surface area contributed by atoms with Crippen molar-refractivity contribution >= 4 is 5.97 Å². The molecule has 8 nitrogen and oxygen atoms in total. The number of likely N-dealkylation sites (tertiary alicyclic amines) is 1. The van der Waals surface area contributed by atoms with Crippen LogP contribution in [0.4, 0.5) is 0 Å². The summed E-state index contributed by atoms with van der Waals surface area (Å²) in [6, 6.07) is 10.2. The molecule has 0 bridgehead atoms. The average Bonchev–Trinajstić information content (AvgIpc) is 3.42. The number of benzene rings is 1. The van der Waals surface area contributed by atoms with Crippen LogP contribution in [0.2, 0.25) is 0 Å². The van der Waals surface area contributed by atoms with Crippen LogP contribution in [0.5, 0.6) is 0 Å². The Kier molecular flexibility index (Phi) is 7.13. The molecule has 0 radical (unpaired) electrons. The summed E-state index contributed by atoms with van der Waals surface area (Å²) in [6.07, 6.45) is 6.57. The fourth-order valence-corrected chi connectivity index (χ4v) is 6.37. The van der Waals surface area contributed by atoms with E-state index in [1.807, 2.05) is 18.2 Å². The van der Waals surface area contributed by atoms with E-state index in [1.54, 1.807) is 12.4 Å². The van der Waals surface area contributed by atoms with Crippen LogP contribution in [0.1, 0.15) is 80.9 Å². The molecule has 202 valence electrons. The molecule has 1 aliphatic carbocycles. The van der Waals surface area contributed by atoms with Crippen molar-refractivity contribution in [2.45, 2.75) is 63.9 Å². The molecule has 8 heteroatoms. The molecule has 3 aromatic rings. The van der Waals surface area contributed by atoms with Gasteiger partial charge in [-0.15, -0.1) is 0 Å². The first-order valence-corrected chi connectivity index (χ1v) is 13.5. The molecule has 1 aliphatic heterocycles. The van der Waals surface area contributed by atoms with Crippen LogP contribution >= 0.6 is 0 Å². The summed E-state index contributed by atoms with van der Waals surface area (Å²) in [4.78, 5) is 23.3. The second-order valence-corrected chi connectivity index (χ2v) is 11.7. The topological polar surface area (TPSA) is 102 Å². The molecular weight excluding hydrogens is 480 g/mol. The zero-order valence-corrected chi connectivity index (χ0v) is 23.0. The van der Waals surface area contributed by atoms with Crippen molar-refractivity contribution in [3.8, 4) is 11.4 Å². The van der Waals surface area contributed by atoms with E-state index in [0.29, 0.717) is 28.8 Å². The third kappa shape index (κ3) is 4.64. The van der Waals surface area contributed by atoms with Gasteiger partial charge in [-0.2, -0.15) is 4.98 Å². The third-order valence-corrected chi connectivity index (χ3v) is 8.57. The number of pyridine rings is 1. The lowest BCUT2D eigenvalue weighted by Gasteiger charge is -2.55. The molecule has 2 aromatic heterocycles. The number of aliphatic hydroxyl groups is 1. The minimum atomic E-state index is -1.24. The minimum Gasteiger partial charge on any atom is -0.469 e. The monoisotopic (exact) mass is 518 g/mol. The van der Waals surface area contributed by atoms with E-state index in [4.69, 9.17) is 14.2 Å². The van der Waals surface area contributed by atoms with Gasteiger partial charge in [0.15, 0.2) is 0 Å². The zero-order valence-electron chi connectivity index (χ0n) is 23.0. The van der Waals surface area contributed by atoms with Gasteiger partial charge in [-0.05, 0) is 55.8 Å². The minimum absolute atomic E-state index is 0.0567. The van der Waals surface area contributed by atoms with Gasteiger partial charge < -0.3 is 19.3 Å². The SMILES string of the molecule is COC(=O)C1CCC(c2nc(-c3cncc(C(O)(c4ccc(C(C)C)cc4)C4(C)CN(C)C4)c3)no2)CC1. The Morgan fingerprint density at radius 1 is 1.13 bits per heavy atom. The molecule has 1 saturated carbocycles. The zero-order chi connectivity index (χ0) is 27.1. The molecule has 0 spiro atoms. The van der Waals surface area contributed by atoms with Crippen molar-refractivity contribution in [2.24, 2.45) is 11.3 Å². The van der Waals surface area contributed by atoms with E-state index in [1.165, 1.54) is 12.7 Å². The molecule has 1 aromatic carbocycles. The second kappa shape index (κ2) is 10.2. The number of carbonyl (C=O) groups is 1. The number of carbonyl (C=O) groups excluding carboxylic acids is 1. The van der Waals surface area contributed by atoms with Crippen molar-refractivity contribution in [2.75, 3.05) is 27.2 Å². The van der Waals surface area contributed by atoms with Crippen LogP contribution in [-0.4, -0.2) is 58.3 Å². The molecule has 3 heterocycles. The average molecular weight is 519 g/mol. The van der Waals surface area contributed by atoms with Crippen LogP contribution in [0.25, 0.3) is 11.4 Å². The molecule has 1 N–H and O–H groups in total. The summed E-state index contributed by atoms with van der Waals surface area (Å²) in [5, 5.41) is 16.7. The first-order chi connectivity index (χ1) is 18.1. The highest BCUT2D eigenvalue weighted by molar-refractivity contribution is 5.72. The van der Waals surface area contributed by atoms with Gasteiger partial charge in [-0.1, -0.05) is 50.2 Å². The van der Waals surface area contributed by atoms with Crippen LogP contribution < -0.4 is 0 Å².